The minimum Gasteiger partial charge on any atom is -0.342 e. The van der Waals surface area contributed by atoms with E-state index in [1.54, 1.807) is 6.92 Å². The quantitative estimate of drug-likeness (QED) is 0.638. The normalized spacial score (nSPS) is 28.9. The summed E-state index contributed by atoms with van der Waals surface area (Å²) >= 11 is 0. The zero-order valence-electron chi connectivity index (χ0n) is 7.16. The second kappa shape index (κ2) is 3.17. The van der Waals surface area contributed by atoms with Gasteiger partial charge in [-0.3, -0.25) is 4.79 Å². The predicted molar refractivity (Wildman–Crippen MR) is 40.1 cm³/mol. The van der Waals surface area contributed by atoms with Gasteiger partial charge < -0.3 is 10.6 Å². The molecule has 0 spiro atoms. The van der Waals surface area contributed by atoms with Crippen molar-refractivity contribution in [1.82, 2.24) is 10.6 Å². The first kappa shape index (κ1) is 10.3. The van der Waals surface area contributed by atoms with Crippen LogP contribution in [0.4, 0.5) is 13.2 Å². The number of carbonyl (C=O) groups is 1. The second-order valence-corrected chi connectivity index (χ2v) is 3.44. The highest BCUT2D eigenvalue weighted by molar-refractivity contribution is 5.82. The Morgan fingerprint density at radius 1 is 1.54 bits per heavy atom. The third-order valence-electron chi connectivity index (χ3n) is 2.04. The fraction of sp³-hybridized carbons (Fsp3) is 0.857. The summed E-state index contributed by atoms with van der Waals surface area (Å²) in [6.45, 7) is 2.61. The first-order valence-electron chi connectivity index (χ1n) is 3.94. The van der Waals surface area contributed by atoms with Crippen molar-refractivity contribution < 1.29 is 18.0 Å². The van der Waals surface area contributed by atoms with Gasteiger partial charge in [-0.2, -0.15) is 13.2 Å². The molecule has 13 heavy (non-hydrogen) atoms. The van der Waals surface area contributed by atoms with Crippen LogP contribution in [0.15, 0.2) is 0 Å². The minimum atomic E-state index is -4.79. The van der Waals surface area contributed by atoms with Gasteiger partial charge in [0.15, 0.2) is 0 Å². The van der Waals surface area contributed by atoms with E-state index in [2.05, 4.69) is 5.32 Å². The standard InChI is InChI=1S/C7H11F3N2O/c1-6(2-3-11-4-6)12-5(13)7(8,9)10/h11H,2-4H2,1H3,(H,12,13)/t6-/m0/s1. The lowest BCUT2D eigenvalue weighted by Crippen LogP contribution is -2.52. The molecule has 1 aliphatic rings. The predicted octanol–water partition coefficient (Wildman–Crippen LogP) is 0.417. The smallest absolute Gasteiger partial charge is 0.342 e. The van der Waals surface area contributed by atoms with E-state index in [4.69, 9.17) is 0 Å². The average Bonchev–Trinajstić information content (AvgIpc) is 2.33. The van der Waals surface area contributed by atoms with Crippen LogP contribution in [-0.4, -0.2) is 30.7 Å². The molecule has 1 amide bonds. The fourth-order valence-electron chi connectivity index (χ4n) is 1.27. The van der Waals surface area contributed by atoms with Gasteiger partial charge in [0.05, 0.1) is 5.54 Å². The van der Waals surface area contributed by atoms with Crippen molar-refractivity contribution in [2.75, 3.05) is 13.1 Å². The van der Waals surface area contributed by atoms with Gasteiger partial charge in [-0.1, -0.05) is 0 Å². The molecular formula is C7H11F3N2O. The molecule has 0 aromatic carbocycles. The molecule has 1 saturated heterocycles. The van der Waals surface area contributed by atoms with Crippen molar-refractivity contribution in [3.8, 4) is 0 Å². The van der Waals surface area contributed by atoms with E-state index in [0.717, 1.165) is 0 Å². The van der Waals surface area contributed by atoms with E-state index in [0.29, 0.717) is 19.5 Å². The highest BCUT2D eigenvalue weighted by Crippen LogP contribution is 2.19. The molecule has 0 aliphatic carbocycles. The summed E-state index contributed by atoms with van der Waals surface area (Å²) in [7, 11) is 0. The molecule has 1 fully saturated rings. The number of hydrogen-bond donors (Lipinski definition) is 2. The van der Waals surface area contributed by atoms with E-state index in [-0.39, 0.29) is 0 Å². The van der Waals surface area contributed by atoms with E-state index in [9.17, 15) is 18.0 Å². The highest BCUT2D eigenvalue weighted by atomic mass is 19.4. The van der Waals surface area contributed by atoms with Crippen LogP contribution in [0.25, 0.3) is 0 Å². The summed E-state index contributed by atoms with van der Waals surface area (Å²) in [5.74, 6) is -1.86. The molecule has 1 aliphatic heterocycles. The van der Waals surface area contributed by atoms with Crippen molar-refractivity contribution in [2.45, 2.75) is 25.1 Å². The lowest BCUT2D eigenvalue weighted by atomic mass is 10.0. The first-order chi connectivity index (χ1) is 5.83. The largest absolute Gasteiger partial charge is 0.471 e. The maximum absolute atomic E-state index is 11.8. The van der Waals surface area contributed by atoms with Crippen molar-refractivity contribution in [2.24, 2.45) is 0 Å². The highest BCUT2D eigenvalue weighted by Gasteiger charge is 2.43. The molecule has 0 aromatic rings. The van der Waals surface area contributed by atoms with Gasteiger partial charge in [0.25, 0.3) is 0 Å². The van der Waals surface area contributed by atoms with Crippen LogP contribution < -0.4 is 10.6 Å². The zero-order valence-corrected chi connectivity index (χ0v) is 7.16. The van der Waals surface area contributed by atoms with Crippen molar-refractivity contribution in [3.05, 3.63) is 0 Å². The van der Waals surface area contributed by atoms with Gasteiger partial charge in [-0.05, 0) is 19.9 Å². The lowest BCUT2D eigenvalue weighted by molar-refractivity contribution is -0.175. The summed E-state index contributed by atoms with van der Waals surface area (Å²) in [6, 6.07) is 0. The molecule has 6 heteroatoms. The van der Waals surface area contributed by atoms with Gasteiger partial charge in [0.1, 0.15) is 0 Å². The van der Waals surface area contributed by atoms with Crippen LogP contribution >= 0.6 is 0 Å². The molecule has 0 saturated carbocycles. The molecular weight excluding hydrogens is 185 g/mol. The zero-order chi connectivity index (χ0) is 10.1. The number of carbonyl (C=O) groups excluding carboxylic acids is 1. The molecule has 3 nitrogen and oxygen atoms in total. The topological polar surface area (TPSA) is 41.1 Å². The van der Waals surface area contributed by atoms with Crippen LogP contribution in [0.2, 0.25) is 0 Å². The summed E-state index contributed by atoms with van der Waals surface area (Å²) in [5, 5.41) is 4.86. The van der Waals surface area contributed by atoms with E-state index >= 15 is 0 Å². The Morgan fingerprint density at radius 3 is 2.54 bits per heavy atom. The van der Waals surface area contributed by atoms with Gasteiger partial charge in [-0.15, -0.1) is 0 Å². The molecule has 2 N–H and O–H groups in total. The number of rotatable bonds is 1. The Balaban J connectivity index is 2.53. The van der Waals surface area contributed by atoms with Crippen molar-refractivity contribution >= 4 is 5.91 Å². The van der Waals surface area contributed by atoms with Crippen LogP contribution in [0, 0.1) is 0 Å². The Kier molecular flexibility index (Phi) is 2.51. The molecule has 0 radical (unpaired) electrons. The van der Waals surface area contributed by atoms with Crippen molar-refractivity contribution in [1.29, 1.82) is 0 Å². The van der Waals surface area contributed by atoms with Crippen LogP contribution in [-0.2, 0) is 4.79 Å². The summed E-state index contributed by atoms with van der Waals surface area (Å²) in [5.41, 5.74) is -0.757. The Hall–Kier alpha value is -0.780. The summed E-state index contributed by atoms with van der Waals surface area (Å²) < 4.78 is 35.5. The first-order valence-corrected chi connectivity index (χ1v) is 3.94. The molecule has 76 valence electrons. The Bertz CT molecular complexity index is 208. The minimum absolute atomic E-state index is 0.384. The fourth-order valence-corrected chi connectivity index (χ4v) is 1.27. The third kappa shape index (κ3) is 2.58. The third-order valence-corrected chi connectivity index (χ3v) is 2.04. The number of nitrogens with one attached hydrogen (secondary N) is 2. The monoisotopic (exact) mass is 196 g/mol. The van der Waals surface area contributed by atoms with E-state index < -0.39 is 17.6 Å². The summed E-state index contributed by atoms with van der Waals surface area (Å²) in [6.07, 6.45) is -4.26. The molecule has 0 aromatic heterocycles. The van der Waals surface area contributed by atoms with Gasteiger partial charge in [0.2, 0.25) is 0 Å². The second-order valence-electron chi connectivity index (χ2n) is 3.44. The van der Waals surface area contributed by atoms with Crippen LogP contribution in [0.3, 0.4) is 0 Å². The average molecular weight is 196 g/mol. The Morgan fingerprint density at radius 2 is 2.15 bits per heavy atom. The van der Waals surface area contributed by atoms with Crippen molar-refractivity contribution in [3.63, 3.8) is 0 Å². The maximum atomic E-state index is 11.8. The van der Waals surface area contributed by atoms with Gasteiger partial charge in [0, 0.05) is 6.54 Å². The maximum Gasteiger partial charge on any atom is 0.471 e. The molecule has 1 rings (SSSR count). The van der Waals surface area contributed by atoms with Crippen LogP contribution in [0.1, 0.15) is 13.3 Å². The van der Waals surface area contributed by atoms with Gasteiger partial charge >= 0.3 is 12.1 Å². The van der Waals surface area contributed by atoms with Crippen LogP contribution in [0.5, 0.6) is 0 Å². The lowest BCUT2D eigenvalue weighted by Gasteiger charge is -2.24. The number of alkyl halides is 3. The molecule has 1 heterocycles. The Labute approximate surface area is 73.7 Å². The van der Waals surface area contributed by atoms with Gasteiger partial charge in [-0.25, -0.2) is 0 Å². The molecule has 0 bridgehead atoms. The number of amides is 1. The molecule has 0 unspecified atom stereocenters. The summed E-state index contributed by atoms with van der Waals surface area (Å²) in [4.78, 5) is 10.6. The van der Waals surface area contributed by atoms with E-state index in [1.165, 1.54) is 0 Å². The molecule has 1 atom stereocenters. The van der Waals surface area contributed by atoms with E-state index in [1.807, 2.05) is 5.32 Å². The number of halogens is 3. The SMILES string of the molecule is C[C@]1(NC(=O)C(F)(F)F)CCNC1. The number of hydrogen-bond acceptors (Lipinski definition) is 2.